The lowest BCUT2D eigenvalue weighted by Gasteiger charge is -2.07. The monoisotopic (exact) mass is 522 g/mol. The van der Waals surface area contributed by atoms with E-state index in [2.05, 4.69) is 0 Å². The summed E-state index contributed by atoms with van der Waals surface area (Å²) in [7, 11) is 0. The van der Waals surface area contributed by atoms with Gasteiger partial charge in [0.15, 0.2) is 5.78 Å². The van der Waals surface area contributed by atoms with Crippen LogP contribution in [0.15, 0.2) is 108 Å². The molecule has 0 fully saturated rings. The average molecular weight is 523 g/mol. The summed E-state index contributed by atoms with van der Waals surface area (Å²) in [5, 5.41) is 1.20. The summed E-state index contributed by atoms with van der Waals surface area (Å²) in [5.74, 6) is 0.807. The number of hydrogen-bond donors (Lipinski definition) is 0. The Bertz CT molecular complexity index is 1620. The molecule has 0 radical (unpaired) electrons. The Balaban J connectivity index is 1.27. The Morgan fingerprint density at radius 1 is 0.868 bits per heavy atom. The molecule has 0 amide bonds. The van der Waals surface area contributed by atoms with Crippen LogP contribution in [-0.2, 0) is 6.61 Å². The van der Waals surface area contributed by atoms with Gasteiger partial charge in [0.2, 0.25) is 0 Å². The molecular weight excluding hydrogens is 500 g/mol. The molecule has 0 aliphatic carbocycles. The Hall–Kier alpha value is -4.61. The minimum absolute atomic E-state index is 0.133. The highest BCUT2D eigenvalue weighted by Crippen LogP contribution is 2.30. The molecule has 0 saturated heterocycles. The van der Waals surface area contributed by atoms with Crippen LogP contribution in [0, 0.1) is 6.92 Å². The first-order valence-electron chi connectivity index (χ1n) is 12.0. The topological polar surface area (TPSA) is 65.7 Å². The first kappa shape index (κ1) is 25.1. The number of esters is 1. The highest BCUT2D eigenvalue weighted by Gasteiger charge is 2.21. The van der Waals surface area contributed by atoms with Crippen LogP contribution in [0.25, 0.3) is 17.0 Å². The first-order valence-corrected chi connectivity index (χ1v) is 12.3. The summed E-state index contributed by atoms with van der Waals surface area (Å²) in [6.07, 6.45) is 3.19. The van der Waals surface area contributed by atoms with Crippen LogP contribution in [-0.4, -0.2) is 11.8 Å². The van der Waals surface area contributed by atoms with Crippen LogP contribution < -0.4 is 9.47 Å². The van der Waals surface area contributed by atoms with Crippen molar-refractivity contribution in [2.75, 3.05) is 0 Å². The van der Waals surface area contributed by atoms with Crippen molar-refractivity contribution in [3.8, 4) is 11.5 Å². The molecule has 0 unspecified atom stereocenters. The van der Waals surface area contributed by atoms with E-state index in [1.54, 1.807) is 73.7 Å². The zero-order chi connectivity index (χ0) is 26.5. The van der Waals surface area contributed by atoms with E-state index in [4.69, 9.17) is 25.5 Å². The number of ketones is 1. The predicted octanol–water partition coefficient (Wildman–Crippen LogP) is 8.09. The first-order chi connectivity index (χ1) is 18.5. The van der Waals surface area contributed by atoms with Crippen molar-refractivity contribution in [2.24, 2.45) is 0 Å². The van der Waals surface area contributed by atoms with E-state index in [0.717, 1.165) is 11.1 Å². The van der Waals surface area contributed by atoms with Crippen molar-refractivity contribution in [3.05, 3.63) is 136 Å². The molecule has 5 aromatic rings. The van der Waals surface area contributed by atoms with Gasteiger partial charge >= 0.3 is 5.97 Å². The number of fused-ring (bicyclic) bond motifs is 1. The maximum absolute atomic E-state index is 13.1. The number of aryl methyl sites for hydroxylation is 1. The fraction of sp³-hybridized carbons (Fsp3) is 0.0625. The summed E-state index contributed by atoms with van der Waals surface area (Å²) < 4.78 is 17.3. The number of hydrogen-bond acceptors (Lipinski definition) is 5. The second-order valence-corrected chi connectivity index (χ2v) is 9.06. The lowest BCUT2D eigenvalue weighted by Crippen LogP contribution is -2.09. The molecule has 0 aliphatic rings. The molecule has 0 aliphatic heterocycles. The number of carbonyl (C=O) groups excluding carboxylic acids is 2. The van der Waals surface area contributed by atoms with Gasteiger partial charge in [0, 0.05) is 16.0 Å². The zero-order valence-electron chi connectivity index (χ0n) is 20.5. The van der Waals surface area contributed by atoms with Crippen LogP contribution in [0.3, 0.4) is 0 Å². The molecule has 5 rings (SSSR count). The van der Waals surface area contributed by atoms with Crippen LogP contribution in [0.2, 0.25) is 5.02 Å². The van der Waals surface area contributed by atoms with Gasteiger partial charge in [0.25, 0.3) is 0 Å². The van der Waals surface area contributed by atoms with E-state index < -0.39 is 5.97 Å². The maximum atomic E-state index is 13.1. The Labute approximate surface area is 224 Å². The summed E-state index contributed by atoms with van der Waals surface area (Å²) in [6.45, 7) is 2.14. The third-order valence-electron chi connectivity index (χ3n) is 5.93. The van der Waals surface area contributed by atoms with Gasteiger partial charge < -0.3 is 13.9 Å². The quantitative estimate of drug-likeness (QED) is 0.0891. The number of carbonyl (C=O) groups is 2. The molecule has 38 heavy (non-hydrogen) atoms. The maximum Gasteiger partial charge on any atom is 0.347 e. The van der Waals surface area contributed by atoms with Crippen LogP contribution >= 0.6 is 11.6 Å². The molecule has 0 saturated carbocycles. The van der Waals surface area contributed by atoms with Crippen molar-refractivity contribution in [2.45, 2.75) is 13.5 Å². The molecule has 5 nitrogen and oxygen atoms in total. The SMILES string of the molecule is Cc1oc2ccc(OCc3ccccc3)cc2c1C(=O)Oc1ccc(/C=C/C(=O)c2ccc(Cl)cc2)cc1. The number of furan rings is 1. The molecule has 1 heterocycles. The van der Waals surface area contributed by atoms with E-state index in [1.165, 1.54) is 6.08 Å². The van der Waals surface area contributed by atoms with Gasteiger partial charge in [-0.3, -0.25) is 4.79 Å². The highest BCUT2D eigenvalue weighted by molar-refractivity contribution is 6.30. The van der Waals surface area contributed by atoms with Gasteiger partial charge in [0.1, 0.15) is 35.0 Å². The second kappa shape index (κ2) is 11.2. The van der Waals surface area contributed by atoms with Crippen molar-refractivity contribution in [1.82, 2.24) is 0 Å². The van der Waals surface area contributed by atoms with Gasteiger partial charge in [-0.05, 0) is 78.7 Å². The molecule has 1 aromatic heterocycles. The molecular formula is C32H23ClO5. The molecule has 0 atom stereocenters. The largest absolute Gasteiger partial charge is 0.489 e. The Morgan fingerprint density at radius 2 is 1.58 bits per heavy atom. The zero-order valence-corrected chi connectivity index (χ0v) is 21.3. The summed E-state index contributed by atoms with van der Waals surface area (Å²) in [6, 6.07) is 28.8. The highest BCUT2D eigenvalue weighted by atomic mass is 35.5. The summed E-state index contributed by atoms with van der Waals surface area (Å²) in [4.78, 5) is 25.4. The van der Waals surface area contributed by atoms with Crippen molar-refractivity contribution >= 4 is 40.4 Å². The number of rotatable bonds is 8. The third-order valence-corrected chi connectivity index (χ3v) is 6.19. The number of allylic oxidation sites excluding steroid dienone is 1. The second-order valence-electron chi connectivity index (χ2n) is 8.63. The Morgan fingerprint density at radius 3 is 2.32 bits per heavy atom. The fourth-order valence-corrected chi connectivity index (χ4v) is 4.10. The third kappa shape index (κ3) is 5.85. The van der Waals surface area contributed by atoms with Gasteiger partial charge in [-0.1, -0.05) is 60.1 Å². The smallest absolute Gasteiger partial charge is 0.347 e. The van der Waals surface area contributed by atoms with E-state index in [1.807, 2.05) is 36.4 Å². The van der Waals surface area contributed by atoms with Crippen molar-refractivity contribution in [3.63, 3.8) is 0 Å². The lowest BCUT2D eigenvalue weighted by molar-refractivity contribution is 0.0734. The molecule has 0 bridgehead atoms. The van der Waals surface area contributed by atoms with E-state index in [0.29, 0.717) is 51.0 Å². The lowest BCUT2D eigenvalue weighted by atomic mass is 10.1. The van der Waals surface area contributed by atoms with E-state index in [9.17, 15) is 9.59 Å². The molecule has 0 N–H and O–H groups in total. The fourth-order valence-electron chi connectivity index (χ4n) is 3.97. The minimum atomic E-state index is -0.525. The average Bonchev–Trinajstić information content (AvgIpc) is 3.27. The Kier molecular flexibility index (Phi) is 7.38. The molecule has 0 spiro atoms. The van der Waals surface area contributed by atoms with Gasteiger partial charge in [-0.2, -0.15) is 0 Å². The van der Waals surface area contributed by atoms with Crippen molar-refractivity contribution < 1.29 is 23.5 Å². The van der Waals surface area contributed by atoms with Crippen molar-refractivity contribution in [1.29, 1.82) is 0 Å². The predicted molar refractivity (Wildman–Crippen MR) is 148 cm³/mol. The molecule has 188 valence electrons. The molecule has 6 heteroatoms. The number of ether oxygens (including phenoxy) is 2. The van der Waals surface area contributed by atoms with Crippen LogP contribution in [0.1, 0.15) is 37.6 Å². The van der Waals surface area contributed by atoms with Gasteiger partial charge in [0.05, 0.1) is 0 Å². The van der Waals surface area contributed by atoms with E-state index >= 15 is 0 Å². The number of benzene rings is 4. The summed E-state index contributed by atoms with van der Waals surface area (Å²) in [5.41, 5.74) is 3.31. The van der Waals surface area contributed by atoms with Crippen LogP contribution in [0.5, 0.6) is 11.5 Å². The molecule has 4 aromatic carbocycles. The number of halogens is 1. The van der Waals surface area contributed by atoms with Crippen LogP contribution in [0.4, 0.5) is 0 Å². The standard InChI is InChI=1S/C32H23ClO5/c1-21-31(28-19-27(16-18-30(28)37-21)36-20-23-5-3-2-4-6-23)32(35)38-26-14-7-22(8-15-26)9-17-29(34)24-10-12-25(33)13-11-24/h2-19H,20H2,1H3/b17-9+. The van der Waals surface area contributed by atoms with Gasteiger partial charge in [-0.25, -0.2) is 4.79 Å². The van der Waals surface area contributed by atoms with Gasteiger partial charge in [-0.15, -0.1) is 0 Å². The summed E-state index contributed by atoms with van der Waals surface area (Å²) >= 11 is 5.87. The minimum Gasteiger partial charge on any atom is -0.489 e. The normalized spacial score (nSPS) is 11.1. The van der Waals surface area contributed by atoms with E-state index in [-0.39, 0.29) is 5.78 Å².